The van der Waals surface area contributed by atoms with E-state index in [0.717, 1.165) is 12.5 Å². The van der Waals surface area contributed by atoms with Crippen LogP contribution >= 0.6 is 11.6 Å². The van der Waals surface area contributed by atoms with E-state index in [1.807, 2.05) is 0 Å². The van der Waals surface area contributed by atoms with E-state index < -0.39 is 0 Å². The Morgan fingerprint density at radius 3 is 2.23 bits per heavy atom. The third-order valence-electron chi connectivity index (χ3n) is 3.51. The van der Waals surface area contributed by atoms with Gasteiger partial charge in [-0.3, -0.25) is 4.90 Å². The van der Waals surface area contributed by atoms with E-state index in [9.17, 15) is 0 Å². The monoisotopic (exact) mass is 203 g/mol. The molecule has 0 radical (unpaired) electrons. The van der Waals surface area contributed by atoms with Crippen LogP contribution < -0.4 is 0 Å². The first kappa shape index (κ1) is 11.3. The van der Waals surface area contributed by atoms with Crippen LogP contribution in [0.15, 0.2) is 0 Å². The van der Waals surface area contributed by atoms with Crippen LogP contribution in [0, 0.1) is 0 Å². The van der Waals surface area contributed by atoms with Gasteiger partial charge in [0, 0.05) is 18.1 Å². The van der Waals surface area contributed by atoms with Crippen LogP contribution in [0.2, 0.25) is 0 Å². The number of rotatable bonds is 3. The minimum absolute atomic E-state index is 0.193. The van der Waals surface area contributed by atoms with Gasteiger partial charge in [0.2, 0.25) is 0 Å². The molecule has 0 amide bonds. The van der Waals surface area contributed by atoms with Gasteiger partial charge in [0.1, 0.15) is 0 Å². The van der Waals surface area contributed by atoms with Crippen molar-refractivity contribution in [3.8, 4) is 0 Å². The Kier molecular flexibility index (Phi) is 3.64. The van der Waals surface area contributed by atoms with Crippen molar-refractivity contribution in [1.82, 2.24) is 4.90 Å². The second-order valence-corrected chi connectivity index (χ2v) is 5.10. The summed E-state index contributed by atoms with van der Waals surface area (Å²) in [5.41, 5.74) is 0.193. The van der Waals surface area contributed by atoms with Gasteiger partial charge in [0.25, 0.3) is 0 Å². The van der Waals surface area contributed by atoms with Crippen molar-refractivity contribution < 1.29 is 0 Å². The van der Waals surface area contributed by atoms with Gasteiger partial charge in [0.15, 0.2) is 0 Å². The van der Waals surface area contributed by atoms with E-state index in [4.69, 9.17) is 11.6 Å². The number of halogens is 1. The number of hydrogen-bond acceptors (Lipinski definition) is 1. The molecular weight excluding hydrogens is 182 g/mol. The maximum Gasteiger partial charge on any atom is 0.0526 e. The van der Waals surface area contributed by atoms with Crippen LogP contribution in [0.5, 0.6) is 0 Å². The minimum atomic E-state index is 0.193. The molecule has 1 atom stereocenters. The Morgan fingerprint density at radius 2 is 1.92 bits per heavy atom. The van der Waals surface area contributed by atoms with E-state index in [0.29, 0.717) is 5.38 Å². The molecule has 1 aliphatic rings. The highest BCUT2D eigenvalue weighted by Gasteiger charge is 2.42. The standard InChI is InChI=1S/C11H22ClN/c1-5-9(6-2)13-8-7-10(12)11(13,3)4/h9-10H,5-8H2,1-4H3. The molecule has 0 aliphatic carbocycles. The molecule has 1 aliphatic heterocycles. The maximum absolute atomic E-state index is 6.31. The SMILES string of the molecule is CCC(CC)N1CCC(Cl)C1(C)C. The van der Waals surface area contributed by atoms with Gasteiger partial charge in [0.05, 0.1) is 5.38 Å². The summed E-state index contributed by atoms with van der Waals surface area (Å²) in [6, 6.07) is 0.721. The molecule has 0 aromatic carbocycles. The fourth-order valence-corrected chi connectivity index (χ4v) is 2.68. The van der Waals surface area contributed by atoms with Crippen molar-refractivity contribution in [3.63, 3.8) is 0 Å². The van der Waals surface area contributed by atoms with Gasteiger partial charge >= 0.3 is 0 Å². The van der Waals surface area contributed by atoms with Crippen molar-refractivity contribution in [2.75, 3.05) is 6.54 Å². The average Bonchev–Trinajstić information content (AvgIpc) is 2.34. The van der Waals surface area contributed by atoms with Crippen LogP contribution in [-0.4, -0.2) is 28.4 Å². The highest BCUT2D eigenvalue weighted by Crippen LogP contribution is 2.35. The van der Waals surface area contributed by atoms with Gasteiger partial charge in [-0.2, -0.15) is 0 Å². The first-order chi connectivity index (χ1) is 6.04. The van der Waals surface area contributed by atoms with Crippen LogP contribution in [0.3, 0.4) is 0 Å². The molecule has 1 rings (SSSR count). The zero-order valence-electron chi connectivity index (χ0n) is 9.31. The molecular formula is C11H22ClN. The fourth-order valence-electron chi connectivity index (χ4n) is 2.46. The first-order valence-corrected chi connectivity index (χ1v) is 5.88. The minimum Gasteiger partial charge on any atom is -0.294 e. The summed E-state index contributed by atoms with van der Waals surface area (Å²) in [6.45, 7) is 10.3. The third-order valence-corrected chi connectivity index (χ3v) is 4.27. The lowest BCUT2D eigenvalue weighted by atomic mass is 9.98. The zero-order valence-corrected chi connectivity index (χ0v) is 10.1. The molecule has 13 heavy (non-hydrogen) atoms. The predicted molar refractivity (Wildman–Crippen MR) is 59.4 cm³/mol. The fraction of sp³-hybridized carbons (Fsp3) is 1.00. The lowest BCUT2D eigenvalue weighted by Gasteiger charge is -2.39. The molecule has 78 valence electrons. The summed E-state index contributed by atoms with van der Waals surface area (Å²) >= 11 is 6.31. The Balaban J connectivity index is 2.70. The van der Waals surface area contributed by atoms with Gasteiger partial charge in [-0.05, 0) is 33.1 Å². The van der Waals surface area contributed by atoms with Gasteiger partial charge in [-0.15, -0.1) is 11.6 Å². The zero-order chi connectivity index (χ0) is 10.1. The van der Waals surface area contributed by atoms with Gasteiger partial charge in [-0.25, -0.2) is 0 Å². The lowest BCUT2D eigenvalue weighted by molar-refractivity contribution is 0.111. The van der Waals surface area contributed by atoms with Crippen molar-refractivity contribution in [2.24, 2.45) is 0 Å². The number of likely N-dealkylation sites (tertiary alicyclic amines) is 1. The molecule has 2 heteroatoms. The maximum atomic E-state index is 6.31. The number of hydrogen-bond donors (Lipinski definition) is 0. The van der Waals surface area contributed by atoms with E-state index in [1.165, 1.54) is 19.4 Å². The summed E-state index contributed by atoms with van der Waals surface area (Å²) in [4.78, 5) is 2.59. The average molecular weight is 204 g/mol. The van der Waals surface area contributed by atoms with Crippen molar-refractivity contribution >= 4 is 11.6 Å². The van der Waals surface area contributed by atoms with Crippen molar-refractivity contribution in [3.05, 3.63) is 0 Å². The second kappa shape index (κ2) is 4.18. The highest BCUT2D eigenvalue weighted by atomic mass is 35.5. The molecule has 0 spiro atoms. The van der Waals surface area contributed by atoms with E-state index in [1.54, 1.807) is 0 Å². The molecule has 1 unspecified atom stereocenters. The summed E-state index contributed by atoms with van der Waals surface area (Å²) in [5, 5.41) is 0.327. The van der Waals surface area contributed by atoms with Crippen LogP contribution in [0.1, 0.15) is 47.0 Å². The predicted octanol–water partition coefficient (Wildman–Crippen LogP) is 3.27. The third kappa shape index (κ3) is 2.02. The van der Waals surface area contributed by atoms with Gasteiger partial charge in [-0.1, -0.05) is 13.8 Å². The number of nitrogens with zero attached hydrogens (tertiary/aromatic N) is 1. The first-order valence-electron chi connectivity index (χ1n) is 5.44. The normalized spacial score (nSPS) is 28.6. The quantitative estimate of drug-likeness (QED) is 0.637. The van der Waals surface area contributed by atoms with Crippen LogP contribution in [0.25, 0.3) is 0 Å². The summed E-state index contributed by atoms with van der Waals surface area (Å²) in [5.74, 6) is 0. The molecule has 1 saturated heterocycles. The largest absolute Gasteiger partial charge is 0.294 e. The second-order valence-electron chi connectivity index (χ2n) is 4.57. The van der Waals surface area contributed by atoms with Gasteiger partial charge < -0.3 is 0 Å². The topological polar surface area (TPSA) is 3.24 Å². The smallest absolute Gasteiger partial charge is 0.0526 e. The Hall–Kier alpha value is 0.250. The van der Waals surface area contributed by atoms with Crippen LogP contribution in [-0.2, 0) is 0 Å². The van der Waals surface area contributed by atoms with Crippen LogP contribution in [0.4, 0.5) is 0 Å². The van der Waals surface area contributed by atoms with E-state index >= 15 is 0 Å². The molecule has 1 nitrogen and oxygen atoms in total. The summed E-state index contributed by atoms with van der Waals surface area (Å²) in [7, 11) is 0. The summed E-state index contributed by atoms with van der Waals surface area (Å²) < 4.78 is 0. The van der Waals surface area contributed by atoms with Crippen molar-refractivity contribution in [2.45, 2.75) is 63.9 Å². The molecule has 0 N–H and O–H groups in total. The Bertz CT molecular complexity index is 163. The Morgan fingerprint density at radius 1 is 1.38 bits per heavy atom. The molecule has 1 heterocycles. The van der Waals surface area contributed by atoms with Crippen molar-refractivity contribution in [1.29, 1.82) is 0 Å². The summed E-state index contributed by atoms with van der Waals surface area (Å²) in [6.07, 6.45) is 3.62. The molecule has 0 bridgehead atoms. The van der Waals surface area contributed by atoms with E-state index in [-0.39, 0.29) is 5.54 Å². The Labute approximate surface area is 87.4 Å². The molecule has 0 saturated carbocycles. The lowest BCUT2D eigenvalue weighted by Crippen LogP contribution is -2.48. The molecule has 1 fully saturated rings. The highest BCUT2D eigenvalue weighted by molar-refractivity contribution is 6.21. The number of alkyl halides is 1. The molecule has 0 aromatic rings. The van der Waals surface area contributed by atoms with E-state index in [2.05, 4.69) is 32.6 Å². The molecule has 0 aromatic heterocycles.